The van der Waals surface area contributed by atoms with Gasteiger partial charge in [-0.1, -0.05) is 24.4 Å². The van der Waals surface area contributed by atoms with E-state index in [0.717, 1.165) is 31.7 Å². The molecule has 0 aliphatic heterocycles. The third-order valence-electron chi connectivity index (χ3n) is 3.02. The Morgan fingerprint density at radius 2 is 2.06 bits per heavy atom. The Morgan fingerprint density at radius 1 is 1.39 bits per heavy atom. The van der Waals surface area contributed by atoms with Gasteiger partial charge in [0.05, 0.1) is 16.4 Å². The van der Waals surface area contributed by atoms with Crippen molar-refractivity contribution in [3.8, 4) is 0 Å². The lowest BCUT2D eigenvalue weighted by molar-refractivity contribution is 0.248. The van der Waals surface area contributed by atoms with E-state index in [1.807, 2.05) is 0 Å². The zero-order chi connectivity index (χ0) is 13.1. The summed E-state index contributed by atoms with van der Waals surface area (Å²) in [4.78, 5) is 11.7. The van der Waals surface area contributed by atoms with Gasteiger partial charge in [0, 0.05) is 6.04 Å². The molecule has 0 spiro atoms. The Hall–Kier alpha value is -1.49. The molecule has 0 heterocycles. The van der Waals surface area contributed by atoms with Crippen molar-refractivity contribution >= 4 is 29.0 Å². The fourth-order valence-corrected chi connectivity index (χ4v) is 2.23. The number of hydrogen-bond donors (Lipinski definition) is 3. The Bertz CT molecular complexity index is 461. The average Bonchev–Trinajstić information content (AvgIpc) is 2.78. The largest absolute Gasteiger partial charge is 0.397 e. The van der Waals surface area contributed by atoms with Crippen LogP contribution in [0.25, 0.3) is 0 Å². The highest BCUT2D eigenvalue weighted by Crippen LogP contribution is 2.26. The van der Waals surface area contributed by atoms with Crippen molar-refractivity contribution in [2.45, 2.75) is 31.7 Å². The second kappa shape index (κ2) is 5.44. The van der Waals surface area contributed by atoms with Gasteiger partial charge in [0.15, 0.2) is 0 Å². The summed E-state index contributed by atoms with van der Waals surface area (Å²) in [5.41, 5.74) is 5.82. The van der Waals surface area contributed by atoms with Crippen LogP contribution < -0.4 is 16.4 Å². The molecule has 6 heteroatoms. The summed E-state index contributed by atoms with van der Waals surface area (Å²) >= 11 is 5.67. The number of urea groups is 1. The summed E-state index contributed by atoms with van der Waals surface area (Å²) in [5.74, 6) is -0.601. The number of rotatable bonds is 2. The third-order valence-corrected chi connectivity index (χ3v) is 3.35. The molecule has 98 valence electrons. The molecule has 2 rings (SSSR count). The van der Waals surface area contributed by atoms with Crippen molar-refractivity contribution in [2.75, 3.05) is 11.1 Å². The summed E-state index contributed by atoms with van der Waals surface area (Å²) in [6.45, 7) is 0. The van der Waals surface area contributed by atoms with E-state index in [4.69, 9.17) is 17.3 Å². The van der Waals surface area contributed by atoms with Crippen LogP contribution in [0.1, 0.15) is 25.7 Å². The first-order valence-corrected chi connectivity index (χ1v) is 6.26. The molecule has 0 radical (unpaired) electrons. The minimum Gasteiger partial charge on any atom is -0.397 e. The van der Waals surface area contributed by atoms with Crippen molar-refractivity contribution in [3.05, 3.63) is 23.0 Å². The Kier molecular flexibility index (Phi) is 3.91. The Balaban J connectivity index is 2.00. The van der Waals surface area contributed by atoms with Gasteiger partial charge in [-0.3, -0.25) is 0 Å². The van der Waals surface area contributed by atoms with Crippen LogP contribution in [-0.4, -0.2) is 12.1 Å². The average molecular weight is 272 g/mol. The summed E-state index contributed by atoms with van der Waals surface area (Å²) in [6.07, 6.45) is 4.18. The summed E-state index contributed by atoms with van der Waals surface area (Å²) in [5, 5.41) is 5.37. The maximum absolute atomic E-state index is 13.5. The van der Waals surface area contributed by atoms with E-state index < -0.39 is 11.8 Å². The highest BCUT2D eigenvalue weighted by Gasteiger charge is 2.18. The van der Waals surface area contributed by atoms with Crippen molar-refractivity contribution < 1.29 is 9.18 Å². The van der Waals surface area contributed by atoms with Gasteiger partial charge in [0.2, 0.25) is 0 Å². The number of anilines is 2. The van der Waals surface area contributed by atoms with Gasteiger partial charge >= 0.3 is 6.03 Å². The molecule has 0 unspecified atom stereocenters. The van der Waals surface area contributed by atoms with Crippen LogP contribution in [0.4, 0.5) is 20.6 Å². The molecule has 0 atom stereocenters. The van der Waals surface area contributed by atoms with E-state index >= 15 is 0 Å². The standard InChI is InChI=1S/C12H15ClFN3O/c13-8-5-9(14)11(6-10(8)15)17-12(18)16-7-3-1-2-4-7/h5-7H,1-4,15H2,(H2,16,17,18). The lowest BCUT2D eigenvalue weighted by Crippen LogP contribution is -2.36. The van der Waals surface area contributed by atoms with Gasteiger partial charge in [0.1, 0.15) is 5.82 Å². The number of carbonyl (C=O) groups is 1. The second-order valence-electron chi connectivity index (χ2n) is 4.43. The van der Waals surface area contributed by atoms with Crippen molar-refractivity contribution in [1.29, 1.82) is 0 Å². The van der Waals surface area contributed by atoms with E-state index in [9.17, 15) is 9.18 Å². The number of amides is 2. The van der Waals surface area contributed by atoms with E-state index in [1.54, 1.807) is 0 Å². The van der Waals surface area contributed by atoms with Gasteiger partial charge in [-0.2, -0.15) is 0 Å². The molecule has 2 amide bonds. The first-order chi connectivity index (χ1) is 8.56. The van der Waals surface area contributed by atoms with Gasteiger partial charge in [-0.25, -0.2) is 9.18 Å². The molecule has 4 N–H and O–H groups in total. The quantitative estimate of drug-likeness (QED) is 0.724. The van der Waals surface area contributed by atoms with Gasteiger partial charge in [-0.15, -0.1) is 0 Å². The number of nitrogens with two attached hydrogens (primary N) is 1. The van der Waals surface area contributed by atoms with Crippen LogP contribution >= 0.6 is 11.6 Å². The number of hydrogen-bond acceptors (Lipinski definition) is 2. The van der Waals surface area contributed by atoms with Crippen LogP contribution in [-0.2, 0) is 0 Å². The molecule has 1 aliphatic carbocycles. The van der Waals surface area contributed by atoms with E-state index in [2.05, 4.69) is 10.6 Å². The number of nitrogen functional groups attached to an aromatic ring is 1. The van der Waals surface area contributed by atoms with E-state index in [-0.39, 0.29) is 22.4 Å². The normalized spacial score (nSPS) is 15.7. The molecule has 0 aromatic heterocycles. The molecular formula is C12H15ClFN3O. The minimum absolute atomic E-state index is 0.0346. The molecule has 4 nitrogen and oxygen atoms in total. The first kappa shape index (κ1) is 13.0. The highest BCUT2D eigenvalue weighted by atomic mass is 35.5. The molecule has 1 aromatic carbocycles. The maximum Gasteiger partial charge on any atom is 0.319 e. The molecule has 1 saturated carbocycles. The van der Waals surface area contributed by atoms with Crippen molar-refractivity contribution in [3.63, 3.8) is 0 Å². The number of benzene rings is 1. The maximum atomic E-state index is 13.5. The topological polar surface area (TPSA) is 67.1 Å². The second-order valence-corrected chi connectivity index (χ2v) is 4.84. The zero-order valence-electron chi connectivity index (χ0n) is 9.80. The summed E-state index contributed by atoms with van der Waals surface area (Å²) < 4.78 is 13.5. The molecule has 0 bridgehead atoms. The molecule has 1 aromatic rings. The summed E-state index contributed by atoms with van der Waals surface area (Å²) in [7, 11) is 0. The molecule has 18 heavy (non-hydrogen) atoms. The fraction of sp³-hybridized carbons (Fsp3) is 0.417. The van der Waals surface area contributed by atoms with Crippen molar-refractivity contribution in [2.24, 2.45) is 0 Å². The predicted molar refractivity (Wildman–Crippen MR) is 70.2 cm³/mol. The highest BCUT2D eigenvalue weighted by molar-refractivity contribution is 6.33. The first-order valence-electron chi connectivity index (χ1n) is 5.88. The summed E-state index contributed by atoms with van der Waals surface area (Å²) in [6, 6.07) is 2.16. The lowest BCUT2D eigenvalue weighted by Gasteiger charge is -2.13. The predicted octanol–water partition coefficient (Wildman–Crippen LogP) is 3.13. The molecular weight excluding hydrogens is 257 g/mol. The minimum atomic E-state index is -0.601. The van der Waals surface area contributed by atoms with Gasteiger partial charge in [0.25, 0.3) is 0 Å². The van der Waals surface area contributed by atoms with Crippen LogP contribution in [0, 0.1) is 5.82 Å². The lowest BCUT2D eigenvalue weighted by atomic mass is 10.2. The van der Waals surface area contributed by atoms with Crippen molar-refractivity contribution in [1.82, 2.24) is 5.32 Å². The van der Waals surface area contributed by atoms with E-state index in [0.29, 0.717) is 0 Å². The van der Waals surface area contributed by atoms with Crippen LogP contribution in [0.2, 0.25) is 5.02 Å². The Labute approximate surface area is 110 Å². The van der Waals surface area contributed by atoms with Crippen LogP contribution in [0.3, 0.4) is 0 Å². The number of carbonyl (C=O) groups excluding carboxylic acids is 1. The Morgan fingerprint density at radius 3 is 2.72 bits per heavy atom. The van der Waals surface area contributed by atoms with Gasteiger partial charge < -0.3 is 16.4 Å². The third kappa shape index (κ3) is 3.04. The monoisotopic (exact) mass is 271 g/mol. The smallest absolute Gasteiger partial charge is 0.319 e. The van der Waals surface area contributed by atoms with Crippen LogP contribution in [0.15, 0.2) is 12.1 Å². The van der Waals surface area contributed by atoms with Gasteiger partial charge in [-0.05, 0) is 25.0 Å². The zero-order valence-corrected chi connectivity index (χ0v) is 10.6. The molecule has 0 saturated heterocycles. The molecule has 1 aliphatic rings. The fourth-order valence-electron chi connectivity index (χ4n) is 2.08. The van der Waals surface area contributed by atoms with E-state index in [1.165, 1.54) is 6.07 Å². The SMILES string of the molecule is Nc1cc(NC(=O)NC2CCCC2)c(F)cc1Cl. The molecule has 1 fully saturated rings. The number of nitrogens with one attached hydrogen (secondary N) is 2. The number of halogens is 2. The van der Waals surface area contributed by atoms with Crippen LogP contribution in [0.5, 0.6) is 0 Å².